The van der Waals surface area contributed by atoms with Crippen LogP contribution in [0.25, 0.3) is 11.0 Å². The Labute approximate surface area is 139 Å². The van der Waals surface area contributed by atoms with E-state index in [4.69, 9.17) is 0 Å². The van der Waals surface area contributed by atoms with Crippen LogP contribution in [-0.2, 0) is 23.0 Å². The molecule has 2 aromatic carbocycles. The largest absolute Gasteiger partial charge is 0.323 e. The molecule has 0 aliphatic carbocycles. The Hall–Kier alpha value is -2.38. The van der Waals surface area contributed by atoms with Gasteiger partial charge in [-0.15, -0.1) is 0 Å². The van der Waals surface area contributed by atoms with Crippen molar-refractivity contribution in [3.63, 3.8) is 0 Å². The first-order valence-corrected chi connectivity index (χ1v) is 9.19. The van der Waals surface area contributed by atoms with Gasteiger partial charge in [0.1, 0.15) is 0 Å². The Morgan fingerprint density at radius 2 is 1.71 bits per heavy atom. The highest BCUT2D eigenvalue weighted by atomic mass is 32.2. The van der Waals surface area contributed by atoms with Gasteiger partial charge in [0.05, 0.1) is 15.9 Å². The van der Waals surface area contributed by atoms with E-state index < -0.39 is 10.0 Å². The second-order valence-electron chi connectivity index (χ2n) is 6.10. The number of aromatic amines is 2. The molecule has 0 saturated carbocycles. The predicted octanol–water partition coefficient (Wildman–Crippen LogP) is 1.91. The molecular weight excluding hydrogens is 326 g/mol. The van der Waals surface area contributed by atoms with Crippen molar-refractivity contribution in [1.82, 2.24) is 14.3 Å². The molecule has 2 N–H and O–H groups in total. The van der Waals surface area contributed by atoms with E-state index in [1.54, 1.807) is 19.1 Å². The number of hydrogen-bond acceptors (Lipinski definition) is 3. The molecule has 3 aromatic rings. The molecule has 0 atom stereocenters. The quantitative estimate of drug-likeness (QED) is 0.745. The molecule has 2 heterocycles. The first-order valence-electron chi connectivity index (χ1n) is 7.75. The molecular formula is C17H17N3O3S. The van der Waals surface area contributed by atoms with Crippen molar-refractivity contribution in [3.8, 4) is 0 Å². The average molecular weight is 343 g/mol. The number of imidazole rings is 1. The molecule has 24 heavy (non-hydrogen) atoms. The SMILES string of the molecule is Cc1cc2[nH]c(=O)[nH]c2cc1S(=O)(=O)N1CCc2ccccc2C1. The van der Waals surface area contributed by atoms with Crippen molar-refractivity contribution in [2.24, 2.45) is 0 Å². The molecule has 0 fully saturated rings. The normalized spacial score (nSPS) is 15.5. The van der Waals surface area contributed by atoms with E-state index in [1.807, 2.05) is 24.3 Å². The van der Waals surface area contributed by atoms with E-state index in [2.05, 4.69) is 9.97 Å². The lowest BCUT2D eigenvalue weighted by atomic mass is 10.0. The highest BCUT2D eigenvalue weighted by Crippen LogP contribution is 2.28. The van der Waals surface area contributed by atoms with Crippen LogP contribution in [0.4, 0.5) is 0 Å². The highest BCUT2D eigenvalue weighted by molar-refractivity contribution is 7.89. The maximum Gasteiger partial charge on any atom is 0.323 e. The van der Waals surface area contributed by atoms with Gasteiger partial charge in [-0.25, -0.2) is 13.2 Å². The second kappa shape index (κ2) is 5.32. The van der Waals surface area contributed by atoms with Gasteiger partial charge in [-0.1, -0.05) is 24.3 Å². The molecule has 1 aliphatic rings. The fraction of sp³-hybridized carbons (Fsp3) is 0.235. The van der Waals surface area contributed by atoms with Crippen LogP contribution in [-0.4, -0.2) is 29.2 Å². The lowest BCUT2D eigenvalue weighted by Crippen LogP contribution is -2.36. The van der Waals surface area contributed by atoms with Crippen molar-refractivity contribution < 1.29 is 8.42 Å². The van der Waals surface area contributed by atoms with Gasteiger partial charge in [0.2, 0.25) is 10.0 Å². The molecule has 7 heteroatoms. The van der Waals surface area contributed by atoms with E-state index in [1.165, 1.54) is 9.87 Å². The predicted molar refractivity (Wildman–Crippen MR) is 91.4 cm³/mol. The van der Waals surface area contributed by atoms with Crippen molar-refractivity contribution in [2.45, 2.75) is 24.8 Å². The maximum atomic E-state index is 13.1. The summed E-state index contributed by atoms with van der Waals surface area (Å²) in [5, 5.41) is 0. The summed E-state index contributed by atoms with van der Waals surface area (Å²) in [5.41, 5.74) is 3.64. The third-order valence-electron chi connectivity index (χ3n) is 4.52. The van der Waals surface area contributed by atoms with E-state index in [0.29, 0.717) is 36.1 Å². The van der Waals surface area contributed by atoms with E-state index >= 15 is 0 Å². The summed E-state index contributed by atoms with van der Waals surface area (Å²) in [6.07, 6.45) is 0.706. The number of fused-ring (bicyclic) bond motifs is 2. The van der Waals surface area contributed by atoms with Crippen LogP contribution in [0, 0.1) is 6.92 Å². The molecule has 0 amide bonds. The van der Waals surface area contributed by atoms with Gasteiger partial charge < -0.3 is 9.97 Å². The van der Waals surface area contributed by atoms with Gasteiger partial charge in [0, 0.05) is 13.1 Å². The minimum atomic E-state index is -3.62. The summed E-state index contributed by atoms with van der Waals surface area (Å²) < 4.78 is 27.7. The Balaban J connectivity index is 1.78. The number of H-pyrrole nitrogens is 2. The van der Waals surface area contributed by atoms with Crippen molar-refractivity contribution in [3.05, 3.63) is 63.6 Å². The molecule has 1 aliphatic heterocycles. The number of aromatic nitrogens is 2. The number of nitrogens with zero attached hydrogens (tertiary/aromatic N) is 1. The number of hydrogen-bond donors (Lipinski definition) is 2. The van der Waals surface area contributed by atoms with Gasteiger partial charge in [-0.3, -0.25) is 0 Å². The zero-order chi connectivity index (χ0) is 16.9. The Kier molecular flexibility index (Phi) is 3.36. The number of rotatable bonds is 2. The lowest BCUT2D eigenvalue weighted by Gasteiger charge is -2.28. The van der Waals surface area contributed by atoms with Crippen molar-refractivity contribution >= 4 is 21.1 Å². The average Bonchev–Trinajstić information content (AvgIpc) is 2.92. The van der Waals surface area contributed by atoms with Crippen LogP contribution < -0.4 is 5.69 Å². The number of nitrogens with one attached hydrogen (secondary N) is 2. The summed E-state index contributed by atoms with van der Waals surface area (Å²) in [7, 11) is -3.62. The minimum Gasteiger partial charge on any atom is -0.306 e. The molecule has 0 radical (unpaired) electrons. The number of benzene rings is 2. The molecule has 6 nitrogen and oxygen atoms in total. The standard InChI is InChI=1S/C17H17N3O3S/c1-11-8-14-15(19-17(21)18-14)9-16(11)24(22,23)20-7-6-12-4-2-3-5-13(12)10-20/h2-5,8-9H,6-7,10H2,1H3,(H2,18,19,21). The fourth-order valence-electron chi connectivity index (χ4n) is 3.26. The van der Waals surface area contributed by atoms with Gasteiger partial charge in [-0.2, -0.15) is 4.31 Å². The van der Waals surface area contributed by atoms with Crippen LogP contribution in [0.15, 0.2) is 46.1 Å². The zero-order valence-electron chi connectivity index (χ0n) is 13.2. The molecule has 4 rings (SSSR count). The Morgan fingerprint density at radius 1 is 1.04 bits per heavy atom. The minimum absolute atomic E-state index is 0.240. The first-order chi connectivity index (χ1) is 11.4. The van der Waals surface area contributed by atoms with Crippen LogP contribution in [0.2, 0.25) is 0 Å². The first kappa shape index (κ1) is 15.2. The van der Waals surface area contributed by atoms with Gasteiger partial charge >= 0.3 is 5.69 Å². The molecule has 0 bridgehead atoms. The van der Waals surface area contributed by atoms with Gasteiger partial charge in [0.25, 0.3) is 0 Å². The third kappa shape index (κ3) is 2.37. The van der Waals surface area contributed by atoms with Crippen molar-refractivity contribution in [2.75, 3.05) is 6.54 Å². The van der Waals surface area contributed by atoms with Crippen LogP contribution in [0.5, 0.6) is 0 Å². The molecule has 0 spiro atoms. The van der Waals surface area contributed by atoms with E-state index in [0.717, 1.165) is 5.56 Å². The molecule has 0 saturated heterocycles. The topological polar surface area (TPSA) is 86.0 Å². The Morgan fingerprint density at radius 3 is 2.46 bits per heavy atom. The smallest absolute Gasteiger partial charge is 0.306 e. The van der Waals surface area contributed by atoms with Crippen molar-refractivity contribution in [1.29, 1.82) is 0 Å². The lowest BCUT2D eigenvalue weighted by molar-refractivity contribution is 0.391. The Bertz CT molecular complexity index is 1100. The van der Waals surface area contributed by atoms with Gasteiger partial charge in [-0.05, 0) is 42.2 Å². The highest BCUT2D eigenvalue weighted by Gasteiger charge is 2.29. The van der Waals surface area contributed by atoms with E-state index in [-0.39, 0.29) is 10.6 Å². The third-order valence-corrected chi connectivity index (χ3v) is 6.51. The monoisotopic (exact) mass is 343 g/mol. The van der Waals surface area contributed by atoms with Gasteiger partial charge in [0.15, 0.2) is 0 Å². The fourth-order valence-corrected chi connectivity index (χ4v) is 4.91. The van der Waals surface area contributed by atoms with Crippen LogP contribution >= 0.6 is 0 Å². The molecule has 0 unspecified atom stereocenters. The summed E-state index contributed by atoms with van der Waals surface area (Å²) in [5.74, 6) is 0. The number of aryl methyl sites for hydroxylation is 1. The number of sulfonamides is 1. The summed E-state index contributed by atoms with van der Waals surface area (Å²) in [6.45, 7) is 2.58. The molecule has 1 aromatic heterocycles. The summed E-state index contributed by atoms with van der Waals surface area (Å²) >= 11 is 0. The summed E-state index contributed by atoms with van der Waals surface area (Å²) in [4.78, 5) is 16.9. The molecule has 124 valence electrons. The van der Waals surface area contributed by atoms with Crippen LogP contribution in [0.3, 0.4) is 0 Å². The zero-order valence-corrected chi connectivity index (χ0v) is 14.0. The van der Waals surface area contributed by atoms with Crippen LogP contribution in [0.1, 0.15) is 16.7 Å². The second-order valence-corrected chi connectivity index (χ2v) is 8.01. The summed E-state index contributed by atoms with van der Waals surface area (Å²) in [6, 6.07) is 11.1. The maximum absolute atomic E-state index is 13.1. The van der Waals surface area contributed by atoms with E-state index in [9.17, 15) is 13.2 Å².